The summed E-state index contributed by atoms with van der Waals surface area (Å²) in [7, 11) is 0. The van der Waals surface area contributed by atoms with Crippen molar-refractivity contribution < 1.29 is 23.1 Å². The first kappa shape index (κ1) is 17.5. The summed E-state index contributed by atoms with van der Waals surface area (Å²) in [5, 5.41) is 9.13. The van der Waals surface area contributed by atoms with Crippen LogP contribution in [-0.2, 0) is 19.0 Å². The van der Waals surface area contributed by atoms with Gasteiger partial charge in [0.25, 0.3) is 0 Å². The van der Waals surface area contributed by atoms with Crippen molar-refractivity contribution in [3.8, 4) is 11.3 Å². The Morgan fingerprint density at radius 1 is 1.20 bits per heavy atom. The molecule has 1 N–H and O–H groups in total. The van der Waals surface area contributed by atoms with E-state index in [-0.39, 0.29) is 4.96 Å². The van der Waals surface area contributed by atoms with Crippen LogP contribution in [0.1, 0.15) is 40.5 Å². The molecule has 0 bridgehead atoms. The summed E-state index contributed by atoms with van der Waals surface area (Å²) in [6.07, 6.45) is -3.62. The molecule has 25 heavy (non-hydrogen) atoms. The number of carboxylic acids is 1. The Balaban J connectivity index is 2.29. The van der Waals surface area contributed by atoms with E-state index in [9.17, 15) is 18.0 Å². The minimum Gasteiger partial charge on any atom is -0.477 e. The van der Waals surface area contributed by atoms with Crippen LogP contribution in [0.5, 0.6) is 0 Å². The van der Waals surface area contributed by atoms with Crippen molar-refractivity contribution in [3.63, 3.8) is 0 Å². The predicted octanol–water partition coefficient (Wildman–Crippen LogP) is 4.90. The molecule has 0 fully saturated rings. The van der Waals surface area contributed by atoms with Crippen LogP contribution in [0.15, 0.2) is 24.3 Å². The molecule has 0 aliphatic rings. The van der Waals surface area contributed by atoms with Crippen molar-refractivity contribution in [2.45, 2.75) is 32.9 Å². The molecule has 0 atom stereocenters. The summed E-state index contributed by atoms with van der Waals surface area (Å²) in [6, 6.07) is 7.48. The molecule has 0 unspecified atom stereocenters. The first-order valence-electron chi connectivity index (χ1n) is 7.71. The van der Waals surface area contributed by atoms with E-state index in [4.69, 9.17) is 5.11 Å². The van der Waals surface area contributed by atoms with Crippen LogP contribution in [0.3, 0.4) is 0 Å². The van der Waals surface area contributed by atoms with Crippen LogP contribution in [-0.4, -0.2) is 20.5 Å². The molecule has 4 nitrogen and oxygen atoms in total. The lowest BCUT2D eigenvalue weighted by molar-refractivity contribution is -0.142. The molecule has 0 aliphatic carbocycles. The molecular weight excluding hydrogens is 353 g/mol. The van der Waals surface area contributed by atoms with Crippen LogP contribution in [0.2, 0.25) is 0 Å². The molecule has 3 rings (SSSR count). The number of thiazole rings is 1. The van der Waals surface area contributed by atoms with Gasteiger partial charge in [-0.2, -0.15) is 13.2 Å². The number of rotatable bonds is 4. The number of carboxylic acid groups (broad SMARTS) is 1. The number of hydrogen-bond acceptors (Lipinski definition) is 3. The number of aryl methyl sites for hydroxylation is 2. The van der Waals surface area contributed by atoms with E-state index in [1.165, 1.54) is 0 Å². The van der Waals surface area contributed by atoms with E-state index in [2.05, 4.69) is 4.98 Å². The molecule has 8 heteroatoms. The maximum absolute atomic E-state index is 13.5. The Kier molecular flexibility index (Phi) is 4.32. The third-order valence-electron chi connectivity index (χ3n) is 4.01. The smallest absolute Gasteiger partial charge is 0.433 e. The highest BCUT2D eigenvalue weighted by Crippen LogP contribution is 2.40. The van der Waals surface area contributed by atoms with Gasteiger partial charge in [-0.1, -0.05) is 49.4 Å². The number of aromatic carboxylic acids is 1. The van der Waals surface area contributed by atoms with E-state index in [0.29, 0.717) is 29.1 Å². The zero-order valence-electron chi connectivity index (χ0n) is 13.5. The highest BCUT2D eigenvalue weighted by atomic mass is 32.1. The Bertz CT molecular complexity index is 940. The predicted molar refractivity (Wildman–Crippen MR) is 89.2 cm³/mol. The number of hydrogen-bond donors (Lipinski definition) is 1. The topological polar surface area (TPSA) is 54.6 Å². The molecule has 2 aromatic heterocycles. The summed E-state index contributed by atoms with van der Waals surface area (Å²) in [4.78, 5) is 14.8. The van der Waals surface area contributed by atoms with Crippen molar-refractivity contribution in [2.24, 2.45) is 0 Å². The molecule has 0 saturated heterocycles. The van der Waals surface area contributed by atoms with Gasteiger partial charge < -0.3 is 5.11 Å². The van der Waals surface area contributed by atoms with E-state index >= 15 is 0 Å². The average Bonchev–Trinajstić information content (AvgIpc) is 3.09. The number of benzene rings is 1. The minimum atomic E-state index is -4.78. The number of fused-ring (bicyclic) bond motifs is 1. The highest BCUT2D eigenvalue weighted by Gasteiger charge is 2.41. The largest absolute Gasteiger partial charge is 0.477 e. The molecule has 3 aromatic rings. The second-order valence-electron chi connectivity index (χ2n) is 5.51. The Morgan fingerprint density at radius 3 is 2.32 bits per heavy atom. The molecule has 0 aliphatic heterocycles. The van der Waals surface area contributed by atoms with Gasteiger partial charge in [-0.15, -0.1) is 0 Å². The molecule has 0 saturated carbocycles. The maximum Gasteiger partial charge on any atom is 0.433 e. The van der Waals surface area contributed by atoms with Crippen molar-refractivity contribution in [3.05, 3.63) is 46.1 Å². The van der Waals surface area contributed by atoms with Gasteiger partial charge in [0.15, 0.2) is 10.7 Å². The summed E-state index contributed by atoms with van der Waals surface area (Å²) in [6.45, 7) is 3.74. The third kappa shape index (κ3) is 2.90. The lowest BCUT2D eigenvalue weighted by Crippen LogP contribution is -2.15. The van der Waals surface area contributed by atoms with Gasteiger partial charge in [-0.05, 0) is 18.4 Å². The van der Waals surface area contributed by atoms with Crippen molar-refractivity contribution in [1.82, 2.24) is 9.38 Å². The molecule has 2 heterocycles. The second-order valence-corrected chi connectivity index (χ2v) is 6.49. The molecule has 0 amide bonds. The zero-order valence-corrected chi connectivity index (χ0v) is 14.3. The third-order valence-corrected chi connectivity index (χ3v) is 5.04. The molecule has 0 radical (unpaired) electrons. The Morgan fingerprint density at radius 2 is 1.84 bits per heavy atom. The quantitative estimate of drug-likeness (QED) is 0.712. The van der Waals surface area contributed by atoms with Gasteiger partial charge in [0.1, 0.15) is 4.88 Å². The van der Waals surface area contributed by atoms with Crippen LogP contribution >= 0.6 is 11.3 Å². The van der Waals surface area contributed by atoms with Crippen LogP contribution in [0.4, 0.5) is 13.2 Å². The normalized spacial score (nSPS) is 12.0. The number of alkyl halides is 3. The van der Waals surface area contributed by atoms with Gasteiger partial charge >= 0.3 is 12.1 Å². The lowest BCUT2D eigenvalue weighted by atomic mass is 10.1. The van der Waals surface area contributed by atoms with Crippen LogP contribution in [0, 0.1) is 0 Å². The Hall–Kier alpha value is -2.35. The SMILES string of the molecule is CCc1ccc(-c2nc3sc(C(=O)O)c(C(F)(F)F)n3c2CC)cc1. The number of nitrogens with zero attached hydrogens (tertiary/aromatic N) is 2. The molecule has 1 aromatic carbocycles. The van der Waals surface area contributed by atoms with Gasteiger partial charge in [-0.3, -0.25) is 4.40 Å². The fraction of sp³-hybridized carbons (Fsp3) is 0.294. The number of carbonyl (C=O) groups is 1. The molecule has 0 spiro atoms. The zero-order chi connectivity index (χ0) is 18.4. The summed E-state index contributed by atoms with van der Waals surface area (Å²) in [5.41, 5.74) is 1.48. The summed E-state index contributed by atoms with van der Waals surface area (Å²) in [5.74, 6) is -1.60. The van der Waals surface area contributed by atoms with Gasteiger partial charge in [0.2, 0.25) is 0 Å². The van der Waals surface area contributed by atoms with E-state index in [1.54, 1.807) is 6.92 Å². The highest BCUT2D eigenvalue weighted by molar-refractivity contribution is 7.19. The van der Waals surface area contributed by atoms with Gasteiger partial charge in [0.05, 0.1) is 11.4 Å². The number of aromatic nitrogens is 2. The lowest BCUT2D eigenvalue weighted by Gasteiger charge is -2.09. The minimum absolute atomic E-state index is 0.0381. The molecule has 132 valence electrons. The van der Waals surface area contributed by atoms with E-state index in [1.807, 2.05) is 31.2 Å². The van der Waals surface area contributed by atoms with E-state index < -0.39 is 22.7 Å². The van der Waals surface area contributed by atoms with Crippen molar-refractivity contribution in [2.75, 3.05) is 0 Å². The Labute approximate surface area is 145 Å². The first-order chi connectivity index (χ1) is 11.8. The maximum atomic E-state index is 13.5. The van der Waals surface area contributed by atoms with Crippen molar-refractivity contribution >= 4 is 22.3 Å². The van der Waals surface area contributed by atoms with Gasteiger partial charge in [0, 0.05) is 5.56 Å². The second kappa shape index (κ2) is 6.18. The van der Waals surface area contributed by atoms with Crippen LogP contribution in [0.25, 0.3) is 16.2 Å². The van der Waals surface area contributed by atoms with Crippen LogP contribution < -0.4 is 0 Å². The van der Waals surface area contributed by atoms with E-state index in [0.717, 1.165) is 21.9 Å². The fourth-order valence-electron chi connectivity index (χ4n) is 2.83. The molecular formula is C17H15F3N2O2S. The van der Waals surface area contributed by atoms with Crippen molar-refractivity contribution in [1.29, 1.82) is 0 Å². The number of halogens is 3. The average molecular weight is 368 g/mol. The number of imidazole rings is 1. The monoisotopic (exact) mass is 368 g/mol. The summed E-state index contributed by atoms with van der Waals surface area (Å²) >= 11 is 0.544. The summed E-state index contributed by atoms with van der Waals surface area (Å²) < 4.78 is 41.4. The van der Waals surface area contributed by atoms with Gasteiger partial charge in [-0.25, -0.2) is 9.78 Å². The first-order valence-corrected chi connectivity index (χ1v) is 8.53. The fourth-order valence-corrected chi connectivity index (χ4v) is 3.83. The standard InChI is InChI=1S/C17H15F3N2O2S/c1-3-9-5-7-10(8-6-9)12-11(4-2)22-14(17(18,19)20)13(15(23)24)25-16(22)21-12/h5-8H,3-4H2,1-2H3,(H,23,24).